The summed E-state index contributed by atoms with van der Waals surface area (Å²) in [7, 11) is 0. The summed E-state index contributed by atoms with van der Waals surface area (Å²) in [5.74, 6) is 1.23. The lowest BCUT2D eigenvalue weighted by atomic mass is 9.81. The van der Waals surface area contributed by atoms with E-state index in [4.69, 9.17) is 5.73 Å². The fourth-order valence-electron chi connectivity index (χ4n) is 4.01. The van der Waals surface area contributed by atoms with Gasteiger partial charge >= 0.3 is 0 Å². The first kappa shape index (κ1) is 17.1. The van der Waals surface area contributed by atoms with Gasteiger partial charge in [0.15, 0.2) is 5.78 Å². The van der Waals surface area contributed by atoms with Gasteiger partial charge < -0.3 is 10.6 Å². The summed E-state index contributed by atoms with van der Waals surface area (Å²) in [6.07, 6.45) is 8.92. The summed E-state index contributed by atoms with van der Waals surface area (Å²) in [6.45, 7) is 2.14. The van der Waals surface area contributed by atoms with Crippen LogP contribution in [0.2, 0.25) is 0 Å². The molecule has 3 rings (SSSR count). The van der Waals surface area contributed by atoms with E-state index in [0.717, 1.165) is 45.1 Å². The zero-order valence-electron chi connectivity index (χ0n) is 14.2. The second kappa shape index (κ2) is 7.88. The van der Waals surface area contributed by atoms with E-state index in [1.807, 2.05) is 11.0 Å². The van der Waals surface area contributed by atoms with E-state index in [2.05, 4.69) is 4.98 Å². The number of aromatic nitrogens is 1. The van der Waals surface area contributed by atoms with Crippen LogP contribution in [0.25, 0.3) is 0 Å². The van der Waals surface area contributed by atoms with Crippen LogP contribution in [0.3, 0.4) is 0 Å². The topological polar surface area (TPSA) is 76.3 Å². The molecule has 5 heteroatoms. The molecule has 2 fully saturated rings. The highest BCUT2D eigenvalue weighted by Crippen LogP contribution is 2.31. The van der Waals surface area contributed by atoms with Gasteiger partial charge in [0.05, 0.1) is 0 Å². The number of nitrogens with zero attached hydrogens (tertiary/aromatic N) is 2. The molecule has 2 aliphatic rings. The van der Waals surface area contributed by atoms with Crippen molar-refractivity contribution in [2.24, 2.45) is 23.5 Å². The molecule has 1 saturated heterocycles. The minimum atomic E-state index is 0.0197. The zero-order chi connectivity index (χ0) is 16.9. The summed E-state index contributed by atoms with van der Waals surface area (Å²) in [4.78, 5) is 31.2. The van der Waals surface area contributed by atoms with E-state index < -0.39 is 0 Å². The van der Waals surface area contributed by atoms with Gasteiger partial charge in [0.25, 0.3) is 0 Å². The highest BCUT2D eigenvalue weighted by Gasteiger charge is 2.32. The number of rotatable bonds is 4. The van der Waals surface area contributed by atoms with Gasteiger partial charge in [-0.2, -0.15) is 0 Å². The van der Waals surface area contributed by atoms with Crippen LogP contribution in [-0.2, 0) is 4.79 Å². The number of carbonyl (C=O) groups is 2. The maximum absolute atomic E-state index is 12.7. The molecule has 1 aliphatic heterocycles. The van der Waals surface area contributed by atoms with Crippen molar-refractivity contribution in [3.05, 3.63) is 30.1 Å². The Morgan fingerprint density at radius 2 is 1.79 bits per heavy atom. The van der Waals surface area contributed by atoms with Crippen LogP contribution >= 0.6 is 0 Å². The van der Waals surface area contributed by atoms with E-state index in [1.165, 1.54) is 0 Å². The van der Waals surface area contributed by atoms with E-state index in [1.54, 1.807) is 18.5 Å². The molecule has 2 heterocycles. The zero-order valence-corrected chi connectivity index (χ0v) is 14.2. The standard InChI is InChI=1S/C19H27N3O2/c20-12-14-3-5-16(6-4-14)19(24)22-10-7-15(8-11-22)18(23)17-2-1-9-21-13-17/h1-2,9,13-16H,3-8,10-12,20H2. The first-order valence-corrected chi connectivity index (χ1v) is 9.12. The second-order valence-corrected chi connectivity index (χ2v) is 7.16. The molecule has 0 spiro atoms. The van der Waals surface area contributed by atoms with Crippen molar-refractivity contribution in [3.8, 4) is 0 Å². The molecule has 0 atom stereocenters. The molecule has 1 aliphatic carbocycles. The number of ketones is 1. The first-order valence-electron chi connectivity index (χ1n) is 9.12. The highest BCUT2D eigenvalue weighted by molar-refractivity contribution is 5.97. The molecule has 0 unspecified atom stereocenters. The lowest BCUT2D eigenvalue weighted by Crippen LogP contribution is -2.44. The molecule has 0 bridgehead atoms. The third kappa shape index (κ3) is 3.83. The minimum absolute atomic E-state index is 0.0197. The molecule has 0 aromatic carbocycles. The van der Waals surface area contributed by atoms with Crippen molar-refractivity contribution < 1.29 is 9.59 Å². The molecule has 1 aromatic heterocycles. The number of amides is 1. The Bertz CT molecular complexity index is 559. The summed E-state index contributed by atoms with van der Waals surface area (Å²) >= 11 is 0. The van der Waals surface area contributed by atoms with E-state index in [9.17, 15) is 9.59 Å². The third-order valence-electron chi connectivity index (χ3n) is 5.65. The number of hydrogen-bond donors (Lipinski definition) is 1. The first-order chi connectivity index (χ1) is 11.7. The molecule has 1 aromatic rings. The van der Waals surface area contributed by atoms with Crippen LogP contribution < -0.4 is 5.73 Å². The average Bonchev–Trinajstić information content (AvgIpc) is 2.68. The molecule has 130 valence electrons. The largest absolute Gasteiger partial charge is 0.342 e. The third-order valence-corrected chi connectivity index (χ3v) is 5.65. The quantitative estimate of drug-likeness (QED) is 0.860. The Morgan fingerprint density at radius 1 is 1.08 bits per heavy atom. The highest BCUT2D eigenvalue weighted by atomic mass is 16.2. The van der Waals surface area contributed by atoms with Crippen molar-refractivity contribution in [1.29, 1.82) is 0 Å². The van der Waals surface area contributed by atoms with Crippen molar-refractivity contribution in [3.63, 3.8) is 0 Å². The van der Waals surface area contributed by atoms with E-state index in [0.29, 0.717) is 24.6 Å². The lowest BCUT2D eigenvalue weighted by molar-refractivity contribution is -0.138. The number of Topliss-reactive ketones (excluding diaryl/α,β-unsaturated/α-hetero) is 1. The van der Waals surface area contributed by atoms with Crippen LogP contribution in [0, 0.1) is 17.8 Å². The normalized spacial score (nSPS) is 25.5. The molecule has 1 saturated carbocycles. The Hall–Kier alpha value is -1.75. The number of pyridine rings is 1. The molecule has 2 N–H and O–H groups in total. The van der Waals surface area contributed by atoms with Crippen LogP contribution in [0.5, 0.6) is 0 Å². The number of carbonyl (C=O) groups excluding carboxylic acids is 2. The SMILES string of the molecule is NCC1CCC(C(=O)N2CCC(C(=O)c3cccnc3)CC2)CC1. The molecular weight excluding hydrogens is 302 g/mol. The Labute approximate surface area is 143 Å². The summed E-state index contributed by atoms with van der Waals surface area (Å²) in [6, 6.07) is 3.62. The van der Waals surface area contributed by atoms with Gasteiger partial charge in [-0.3, -0.25) is 14.6 Å². The van der Waals surface area contributed by atoms with Gasteiger partial charge in [-0.15, -0.1) is 0 Å². The molecular formula is C19H27N3O2. The Balaban J connectivity index is 1.50. The minimum Gasteiger partial charge on any atom is -0.342 e. The molecule has 0 radical (unpaired) electrons. The predicted molar refractivity (Wildman–Crippen MR) is 92.4 cm³/mol. The van der Waals surface area contributed by atoms with Crippen molar-refractivity contribution >= 4 is 11.7 Å². The molecule has 5 nitrogen and oxygen atoms in total. The molecule has 1 amide bonds. The lowest BCUT2D eigenvalue weighted by Gasteiger charge is -2.35. The number of piperidine rings is 1. The van der Waals surface area contributed by atoms with Crippen LogP contribution in [0.15, 0.2) is 24.5 Å². The number of likely N-dealkylation sites (tertiary alicyclic amines) is 1. The van der Waals surface area contributed by atoms with E-state index >= 15 is 0 Å². The van der Waals surface area contributed by atoms with Crippen molar-refractivity contribution in [2.75, 3.05) is 19.6 Å². The fourth-order valence-corrected chi connectivity index (χ4v) is 4.01. The van der Waals surface area contributed by atoms with Crippen molar-refractivity contribution in [2.45, 2.75) is 38.5 Å². The van der Waals surface area contributed by atoms with Gasteiger partial charge in [-0.1, -0.05) is 0 Å². The maximum atomic E-state index is 12.7. The van der Waals surface area contributed by atoms with Crippen LogP contribution in [0.1, 0.15) is 48.9 Å². The smallest absolute Gasteiger partial charge is 0.225 e. The van der Waals surface area contributed by atoms with Gasteiger partial charge in [0.1, 0.15) is 0 Å². The summed E-state index contributed by atoms with van der Waals surface area (Å²) in [5.41, 5.74) is 6.41. The monoisotopic (exact) mass is 329 g/mol. The van der Waals surface area contributed by atoms with Gasteiger partial charge in [-0.05, 0) is 63.1 Å². The second-order valence-electron chi connectivity index (χ2n) is 7.16. The van der Waals surface area contributed by atoms with Gasteiger partial charge in [-0.25, -0.2) is 0 Å². The van der Waals surface area contributed by atoms with Crippen molar-refractivity contribution in [1.82, 2.24) is 9.88 Å². The number of hydrogen-bond acceptors (Lipinski definition) is 4. The molecule has 24 heavy (non-hydrogen) atoms. The van der Waals surface area contributed by atoms with E-state index in [-0.39, 0.29) is 23.5 Å². The average molecular weight is 329 g/mol. The maximum Gasteiger partial charge on any atom is 0.225 e. The predicted octanol–water partition coefficient (Wildman–Crippen LogP) is 2.27. The van der Waals surface area contributed by atoms with Crippen LogP contribution in [-0.4, -0.2) is 41.2 Å². The Morgan fingerprint density at radius 3 is 2.38 bits per heavy atom. The fraction of sp³-hybridized carbons (Fsp3) is 0.632. The number of nitrogens with two attached hydrogens (primary N) is 1. The van der Waals surface area contributed by atoms with Crippen LogP contribution in [0.4, 0.5) is 0 Å². The van der Waals surface area contributed by atoms with Gasteiger partial charge in [0.2, 0.25) is 5.91 Å². The summed E-state index contributed by atoms with van der Waals surface area (Å²) in [5, 5.41) is 0. The van der Waals surface area contributed by atoms with Gasteiger partial charge in [0, 0.05) is 42.9 Å². The summed E-state index contributed by atoms with van der Waals surface area (Å²) < 4.78 is 0. The Kier molecular flexibility index (Phi) is 5.61.